The van der Waals surface area contributed by atoms with Crippen LogP contribution in [0.3, 0.4) is 0 Å². The molecule has 2 amide bonds. The van der Waals surface area contributed by atoms with Crippen LogP contribution in [0, 0.1) is 0 Å². The Bertz CT molecular complexity index is 767. The third kappa shape index (κ3) is 3.31. The van der Waals surface area contributed by atoms with Gasteiger partial charge in [-0.15, -0.1) is 5.10 Å². The first-order chi connectivity index (χ1) is 13.1. The van der Waals surface area contributed by atoms with E-state index in [2.05, 4.69) is 25.7 Å². The van der Waals surface area contributed by atoms with Crippen molar-refractivity contribution in [3.05, 3.63) is 30.0 Å². The number of nitrogens with zero attached hydrogens (tertiary/aromatic N) is 6. The van der Waals surface area contributed by atoms with Crippen LogP contribution in [-0.2, 0) is 12.1 Å². The van der Waals surface area contributed by atoms with Crippen molar-refractivity contribution >= 4 is 6.03 Å². The Morgan fingerprint density at radius 2 is 2.22 bits per heavy atom. The summed E-state index contributed by atoms with van der Waals surface area (Å²) in [5.41, 5.74) is -0.367. The molecular formula is C18H27N7O2. The van der Waals surface area contributed by atoms with Crippen LogP contribution in [0.2, 0.25) is 0 Å². The van der Waals surface area contributed by atoms with E-state index >= 15 is 0 Å². The van der Waals surface area contributed by atoms with Crippen molar-refractivity contribution in [1.82, 2.24) is 35.3 Å². The summed E-state index contributed by atoms with van der Waals surface area (Å²) in [5.74, 6) is 1.62. The molecule has 146 valence electrons. The Labute approximate surface area is 158 Å². The summed E-state index contributed by atoms with van der Waals surface area (Å²) in [6, 6.07) is 3.95. The molecule has 1 aliphatic heterocycles. The summed E-state index contributed by atoms with van der Waals surface area (Å²) in [4.78, 5) is 16.7. The second-order valence-electron chi connectivity index (χ2n) is 7.72. The highest BCUT2D eigenvalue weighted by atomic mass is 16.3. The lowest BCUT2D eigenvalue weighted by Gasteiger charge is -2.35. The number of urea groups is 1. The molecule has 4 rings (SSSR count). The Morgan fingerprint density at radius 1 is 1.41 bits per heavy atom. The zero-order valence-corrected chi connectivity index (χ0v) is 16.0. The zero-order chi connectivity index (χ0) is 18.9. The molecule has 1 saturated carbocycles. The van der Waals surface area contributed by atoms with Gasteiger partial charge in [-0.2, -0.15) is 0 Å². The van der Waals surface area contributed by atoms with Gasteiger partial charge in [-0.3, -0.25) is 4.90 Å². The second-order valence-corrected chi connectivity index (χ2v) is 7.72. The van der Waals surface area contributed by atoms with E-state index < -0.39 is 0 Å². The Morgan fingerprint density at radius 3 is 2.93 bits per heavy atom. The van der Waals surface area contributed by atoms with E-state index in [1.54, 1.807) is 6.26 Å². The zero-order valence-electron chi connectivity index (χ0n) is 16.0. The first kappa shape index (κ1) is 18.0. The van der Waals surface area contributed by atoms with E-state index in [1.165, 1.54) is 12.8 Å². The van der Waals surface area contributed by atoms with E-state index in [0.29, 0.717) is 25.7 Å². The first-order valence-corrected chi connectivity index (χ1v) is 9.61. The number of hydrogen-bond donors (Lipinski definition) is 1. The van der Waals surface area contributed by atoms with Crippen LogP contribution >= 0.6 is 0 Å². The summed E-state index contributed by atoms with van der Waals surface area (Å²) in [5, 5.41) is 15.6. The predicted molar refractivity (Wildman–Crippen MR) is 97.8 cm³/mol. The normalized spacial score (nSPS) is 23.4. The van der Waals surface area contributed by atoms with Crippen molar-refractivity contribution in [2.24, 2.45) is 0 Å². The van der Waals surface area contributed by atoms with E-state index in [9.17, 15) is 4.79 Å². The number of nitrogens with one attached hydrogen (secondary N) is 1. The van der Waals surface area contributed by atoms with Crippen LogP contribution in [0.5, 0.6) is 0 Å². The number of furan rings is 1. The molecule has 2 fully saturated rings. The molecule has 0 spiro atoms. The maximum atomic E-state index is 12.7. The van der Waals surface area contributed by atoms with Crippen molar-refractivity contribution < 1.29 is 9.21 Å². The van der Waals surface area contributed by atoms with Crippen molar-refractivity contribution in [3.8, 4) is 0 Å². The number of likely N-dealkylation sites (N-methyl/N-ethyl adjacent to an activating group) is 1. The SMILES string of the molecule is CN(C)C1(c2nnnn2C2CCCC2)CCN(C(=O)NCc2ccco2)C1. The van der Waals surface area contributed by atoms with Gasteiger partial charge in [0, 0.05) is 13.1 Å². The highest BCUT2D eigenvalue weighted by Crippen LogP contribution is 2.38. The number of rotatable bonds is 5. The molecule has 27 heavy (non-hydrogen) atoms. The van der Waals surface area contributed by atoms with Crippen LogP contribution in [-0.4, -0.2) is 63.2 Å². The molecular weight excluding hydrogens is 346 g/mol. The van der Waals surface area contributed by atoms with Crippen molar-refractivity contribution in [2.45, 2.75) is 50.2 Å². The summed E-state index contributed by atoms with van der Waals surface area (Å²) >= 11 is 0. The molecule has 9 nitrogen and oxygen atoms in total. The van der Waals surface area contributed by atoms with Crippen molar-refractivity contribution in [2.75, 3.05) is 27.2 Å². The summed E-state index contributed by atoms with van der Waals surface area (Å²) in [6.45, 7) is 1.62. The van der Waals surface area contributed by atoms with Crippen LogP contribution in [0.1, 0.15) is 49.7 Å². The number of likely N-dealkylation sites (tertiary alicyclic amines) is 1. The fourth-order valence-electron chi connectivity index (χ4n) is 4.30. The molecule has 1 aliphatic carbocycles. The Balaban J connectivity index is 1.50. The summed E-state index contributed by atoms with van der Waals surface area (Å²) in [7, 11) is 4.08. The molecule has 1 atom stereocenters. The lowest BCUT2D eigenvalue weighted by molar-refractivity contribution is 0.135. The van der Waals surface area contributed by atoms with Gasteiger partial charge in [0.25, 0.3) is 0 Å². The van der Waals surface area contributed by atoms with Crippen LogP contribution in [0.15, 0.2) is 22.8 Å². The molecule has 9 heteroatoms. The van der Waals surface area contributed by atoms with E-state index in [4.69, 9.17) is 4.42 Å². The van der Waals surface area contributed by atoms with Gasteiger partial charge in [-0.05, 0) is 55.9 Å². The number of tetrazole rings is 1. The topological polar surface area (TPSA) is 92.3 Å². The van der Waals surface area contributed by atoms with Gasteiger partial charge in [-0.1, -0.05) is 12.8 Å². The summed E-state index contributed by atoms with van der Waals surface area (Å²) < 4.78 is 7.30. The van der Waals surface area contributed by atoms with E-state index in [1.807, 2.05) is 35.8 Å². The fourth-order valence-corrected chi connectivity index (χ4v) is 4.30. The number of hydrogen-bond acceptors (Lipinski definition) is 6. The molecule has 1 saturated heterocycles. The Kier molecular flexibility index (Phi) is 4.86. The summed E-state index contributed by atoms with van der Waals surface area (Å²) in [6.07, 6.45) is 7.10. The highest BCUT2D eigenvalue weighted by Gasteiger charge is 2.48. The number of carbonyl (C=O) groups excluding carboxylic acids is 1. The molecule has 1 N–H and O–H groups in total. The largest absolute Gasteiger partial charge is 0.467 e. The van der Waals surface area contributed by atoms with Gasteiger partial charge in [-0.25, -0.2) is 9.48 Å². The third-order valence-corrected chi connectivity index (χ3v) is 5.96. The number of amides is 2. The minimum atomic E-state index is -0.367. The molecule has 0 radical (unpaired) electrons. The van der Waals surface area contributed by atoms with Crippen LogP contribution in [0.4, 0.5) is 4.79 Å². The lowest BCUT2D eigenvalue weighted by Crippen LogP contribution is -2.48. The second kappa shape index (κ2) is 7.30. The molecule has 0 aromatic carbocycles. The van der Waals surface area contributed by atoms with Crippen molar-refractivity contribution in [3.63, 3.8) is 0 Å². The smallest absolute Gasteiger partial charge is 0.317 e. The maximum absolute atomic E-state index is 12.7. The predicted octanol–water partition coefficient (Wildman–Crippen LogP) is 1.75. The monoisotopic (exact) mass is 373 g/mol. The van der Waals surface area contributed by atoms with Gasteiger partial charge >= 0.3 is 6.03 Å². The van der Waals surface area contributed by atoms with Crippen LogP contribution in [0.25, 0.3) is 0 Å². The Hall–Kier alpha value is -2.42. The van der Waals surface area contributed by atoms with Gasteiger partial charge in [0.2, 0.25) is 0 Å². The highest BCUT2D eigenvalue weighted by molar-refractivity contribution is 5.74. The van der Waals surface area contributed by atoms with Gasteiger partial charge in [0.05, 0.1) is 18.8 Å². The first-order valence-electron chi connectivity index (χ1n) is 9.61. The number of carbonyl (C=O) groups is 1. The lowest BCUT2D eigenvalue weighted by atomic mass is 9.95. The molecule has 0 bridgehead atoms. The fraction of sp³-hybridized carbons (Fsp3) is 0.667. The van der Waals surface area contributed by atoms with E-state index in [0.717, 1.165) is 30.8 Å². The minimum absolute atomic E-state index is 0.0879. The number of aromatic nitrogens is 4. The van der Waals surface area contributed by atoms with Gasteiger partial charge < -0.3 is 14.6 Å². The van der Waals surface area contributed by atoms with Gasteiger partial charge in [0.15, 0.2) is 5.82 Å². The third-order valence-electron chi connectivity index (χ3n) is 5.96. The average Bonchev–Trinajstić information content (AvgIpc) is 3.46. The standard InChI is InChI=1S/C18H27N7O2/c1-23(2)18(16-20-21-22-25(16)14-6-3-4-7-14)9-10-24(13-18)17(26)19-12-15-8-5-11-27-15/h5,8,11,14H,3-4,6-7,9-10,12-13H2,1-2H3,(H,19,26). The average molecular weight is 373 g/mol. The molecule has 2 aromatic heterocycles. The quantitative estimate of drug-likeness (QED) is 0.858. The van der Waals surface area contributed by atoms with Crippen molar-refractivity contribution in [1.29, 1.82) is 0 Å². The maximum Gasteiger partial charge on any atom is 0.317 e. The van der Waals surface area contributed by atoms with E-state index in [-0.39, 0.29) is 11.6 Å². The molecule has 2 aliphatic rings. The minimum Gasteiger partial charge on any atom is -0.467 e. The van der Waals surface area contributed by atoms with Gasteiger partial charge in [0.1, 0.15) is 11.3 Å². The van der Waals surface area contributed by atoms with Crippen LogP contribution < -0.4 is 5.32 Å². The molecule has 1 unspecified atom stereocenters. The molecule has 2 aromatic rings. The molecule has 3 heterocycles.